The molecule has 4 nitrogen and oxygen atoms in total. The van der Waals surface area contributed by atoms with Gasteiger partial charge in [-0.1, -0.05) is 44.5 Å². The average molecular weight is 514 g/mol. The first-order valence-electron chi connectivity index (χ1n) is 13.9. The highest BCUT2D eigenvalue weighted by atomic mass is 19.1. The normalized spacial score (nSPS) is 25.3. The van der Waals surface area contributed by atoms with Gasteiger partial charge in [-0.3, -0.25) is 9.78 Å². The minimum atomic E-state index is -0.688. The van der Waals surface area contributed by atoms with E-state index in [0.717, 1.165) is 61.1 Å². The van der Waals surface area contributed by atoms with Crippen LogP contribution in [-0.4, -0.2) is 16.1 Å². The fraction of sp³-hybridized carbons (Fsp3) is 0.455. The highest BCUT2D eigenvalue weighted by Crippen LogP contribution is 2.60. The van der Waals surface area contributed by atoms with Crippen LogP contribution in [0.2, 0.25) is 0 Å². The second-order valence-corrected chi connectivity index (χ2v) is 12.4. The number of aromatic nitrogens is 1. The zero-order chi connectivity index (χ0) is 26.7. The smallest absolute Gasteiger partial charge is 0.307 e. The molecular formula is C33H36FNO3. The van der Waals surface area contributed by atoms with Crippen molar-refractivity contribution in [2.75, 3.05) is 0 Å². The van der Waals surface area contributed by atoms with Gasteiger partial charge in [0.15, 0.2) is 0 Å². The van der Waals surface area contributed by atoms with Crippen molar-refractivity contribution < 1.29 is 19.0 Å². The van der Waals surface area contributed by atoms with Gasteiger partial charge in [0, 0.05) is 16.7 Å². The van der Waals surface area contributed by atoms with E-state index in [4.69, 9.17) is 4.74 Å². The Labute approximate surface area is 224 Å². The molecule has 5 heteroatoms. The Balaban J connectivity index is 1.30. The molecule has 3 aromatic rings. The third-order valence-electron chi connectivity index (χ3n) is 9.50. The van der Waals surface area contributed by atoms with E-state index >= 15 is 0 Å². The van der Waals surface area contributed by atoms with Crippen molar-refractivity contribution in [3.05, 3.63) is 82.4 Å². The summed E-state index contributed by atoms with van der Waals surface area (Å²) in [6.45, 7) is 6.94. The van der Waals surface area contributed by atoms with Gasteiger partial charge in [-0.25, -0.2) is 4.39 Å². The van der Waals surface area contributed by atoms with Crippen LogP contribution < -0.4 is 4.74 Å². The Morgan fingerprint density at radius 1 is 1.11 bits per heavy atom. The van der Waals surface area contributed by atoms with Crippen LogP contribution in [0.5, 0.6) is 5.75 Å². The Hall–Kier alpha value is -3.21. The number of carboxylic acids is 1. The van der Waals surface area contributed by atoms with Crippen molar-refractivity contribution in [1.82, 2.24) is 4.98 Å². The van der Waals surface area contributed by atoms with E-state index in [2.05, 4.69) is 37.0 Å². The maximum Gasteiger partial charge on any atom is 0.307 e. The highest BCUT2D eigenvalue weighted by Gasteiger charge is 2.60. The molecule has 6 rings (SSSR count). The van der Waals surface area contributed by atoms with E-state index in [1.165, 1.54) is 29.3 Å². The number of rotatable bonds is 6. The van der Waals surface area contributed by atoms with E-state index in [9.17, 15) is 14.3 Å². The summed E-state index contributed by atoms with van der Waals surface area (Å²) in [5.41, 5.74) is 6.96. The topological polar surface area (TPSA) is 59.4 Å². The summed E-state index contributed by atoms with van der Waals surface area (Å²) in [5.74, 6) is -0.133. The molecule has 3 atom stereocenters. The van der Waals surface area contributed by atoms with Crippen LogP contribution in [0, 0.1) is 24.1 Å². The molecule has 0 bridgehead atoms. The zero-order valence-electron chi connectivity index (χ0n) is 22.5. The minimum absolute atomic E-state index is 0.143. The Bertz CT molecular complexity index is 1410. The van der Waals surface area contributed by atoms with Gasteiger partial charge >= 0.3 is 5.97 Å². The third-order valence-corrected chi connectivity index (χ3v) is 9.50. The van der Waals surface area contributed by atoms with Crippen molar-refractivity contribution in [3.63, 3.8) is 0 Å². The second kappa shape index (κ2) is 9.21. The molecule has 0 radical (unpaired) electrons. The summed E-state index contributed by atoms with van der Waals surface area (Å²) < 4.78 is 21.2. The SMILES string of the molecule is Cc1cc(-c2ccc(COc3ccc4c(c3)[C@]3(CCC4)C[C@H]3C(=O)O)cc2[C@@H]2CCCC2(C)C)c(F)cn1. The molecule has 2 aromatic carbocycles. The third kappa shape index (κ3) is 4.30. The summed E-state index contributed by atoms with van der Waals surface area (Å²) in [7, 11) is 0. The lowest BCUT2D eigenvalue weighted by atomic mass is 9.75. The first-order valence-corrected chi connectivity index (χ1v) is 13.9. The number of hydrogen-bond acceptors (Lipinski definition) is 3. The Morgan fingerprint density at radius 2 is 1.95 bits per heavy atom. The number of halogens is 1. The van der Waals surface area contributed by atoms with E-state index in [-0.39, 0.29) is 22.6 Å². The van der Waals surface area contributed by atoms with Crippen LogP contribution >= 0.6 is 0 Å². The van der Waals surface area contributed by atoms with Crippen molar-refractivity contribution in [3.8, 4) is 16.9 Å². The molecule has 0 amide bonds. The average Bonchev–Trinajstić information content (AvgIpc) is 3.50. The monoisotopic (exact) mass is 513 g/mol. The molecule has 1 N–H and O–H groups in total. The molecular weight excluding hydrogens is 477 g/mol. The second-order valence-electron chi connectivity index (χ2n) is 12.4. The number of carboxylic acid groups (broad SMARTS) is 1. The fourth-order valence-corrected chi connectivity index (χ4v) is 7.31. The summed E-state index contributed by atoms with van der Waals surface area (Å²) in [5, 5.41) is 9.65. The lowest BCUT2D eigenvalue weighted by Crippen LogP contribution is -2.21. The maximum atomic E-state index is 14.9. The predicted molar refractivity (Wildman–Crippen MR) is 146 cm³/mol. The van der Waals surface area contributed by atoms with Crippen molar-refractivity contribution >= 4 is 5.97 Å². The van der Waals surface area contributed by atoms with Gasteiger partial charge in [0.05, 0.1) is 12.1 Å². The molecule has 198 valence electrons. The fourth-order valence-electron chi connectivity index (χ4n) is 7.31. The summed E-state index contributed by atoms with van der Waals surface area (Å²) in [6.07, 6.45) is 8.45. The largest absolute Gasteiger partial charge is 0.489 e. The van der Waals surface area contributed by atoms with E-state index in [1.807, 2.05) is 31.2 Å². The molecule has 2 fully saturated rings. The van der Waals surface area contributed by atoms with Crippen molar-refractivity contribution in [1.29, 1.82) is 0 Å². The summed E-state index contributed by atoms with van der Waals surface area (Å²) in [6, 6.07) is 14.4. The molecule has 0 unspecified atom stereocenters. The molecule has 1 spiro atoms. The van der Waals surface area contributed by atoms with E-state index < -0.39 is 5.97 Å². The van der Waals surface area contributed by atoms with Crippen LogP contribution in [0.15, 0.2) is 48.7 Å². The zero-order valence-corrected chi connectivity index (χ0v) is 22.5. The van der Waals surface area contributed by atoms with Crippen LogP contribution in [0.25, 0.3) is 11.1 Å². The number of aliphatic carboxylic acids is 1. The predicted octanol–water partition coefficient (Wildman–Crippen LogP) is 7.75. The number of aryl methyl sites for hydroxylation is 2. The number of nitrogens with zero attached hydrogens (tertiary/aromatic N) is 1. The summed E-state index contributed by atoms with van der Waals surface area (Å²) in [4.78, 5) is 15.9. The minimum Gasteiger partial charge on any atom is -0.489 e. The molecule has 38 heavy (non-hydrogen) atoms. The first-order chi connectivity index (χ1) is 18.2. The first kappa shape index (κ1) is 25.1. The lowest BCUT2D eigenvalue weighted by Gasteiger charge is -2.30. The molecule has 1 heterocycles. The molecule has 3 aliphatic rings. The number of carbonyl (C=O) groups is 1. The molecule has 3 aliphatic carbocycles. The number of hydrogen-bond donors (Lipinski definition) is 1. The van der Waals surface area contributed by atoms with Crippen LogP contribution in [0.3, 0.4) is 0 Å². The van der Waals surface area contributed by atoms with Gasteiger partial charge in [-0.2, -0.15) is 0 Å². The van der Waals surface area contributed by atoms with Gasteiger partial charge < -0.3 is 9.84 Å². The molecule has 1 aromatic heterocycles. The highest BCUT2D eigenvalue weighted by molar-refractivity contribution is 5.78. The van der Waals surface area contributed by atoms with Crippen LogP contribution in [0.1, 0.15) is 86.2 Å². The van der Waals surface area contributed by atoms with Crippen LogP contribution in [-0.2, 0) is 23.2 Å². The van der Waals surface area contributed by atoms with E-state index in [0.29, 0.717) is 18.1 Å². The van der Waals surface area contributed by atoms with Gasteiger partial charge in [0.1, 0.15) is 18.2 Å². The number of fused-ring (bicyclic) bond motifs is 2. The molecule has 0 saturated heterocycles. The summed E-state index contributed by atoms with van der Waals surface area (Å²) >= 11 is 0. The Kier molecular flexibility index (Phi) is 6.08. The quantitative estimate of drug-likeness (QED) is 0.366. The van der Waals surface area contributed by atoms with Gasteiger partial charge in [0.2, 0.25) is 0 Å². The van der Waals surface area contributed by atoms with Gasteiger partial charge in [-0.15, -0.1) is 0 Å². The van der Waals surface area contributed by atoms with Gasteiger partial charge in [-0.05, 0) is 103 Å². The standard InChI is InChI=1S/C33H36FNO3/c1-20-14-26(30(34)18-35-20)24-11-8-21(15-25(24)27-7-5-12-32(27,2)3)19-38-23-10-9-22-6-4-13-33(28(22)16-23)17-29(33)31(36)37/h8-11,14-16,18,27,29H,4-7,12-13,17,19H2,1-3H3,(H,36,37)/t27-,29-,33-/m0/s1. The lowest BCUT2D eigenvalue weighted by molar-refractivity contribution is -0.139. The van der Waals surface area contributed by atoms with E-state index in [1.54, 1.807) is 0 Å². The number of pyridine rings is 1. The number of ether oxygens (including phenoxy) is 1. The van der Waals surface area contributed by atoms with Crippen molar-refractivity contribution in [2.24, 2.45) is 11.3 Å². The van der Waals surface area contributed by atoms with Gasteiger partial charge in [0.25, 0.3) is 0 Å². The molecule has 2 saturated carbocycles. The van der Waals surface area contributed by atoms with Crippen molar-refractivity contribution in [2.45, 2.75) is 83.7 Å². The molecule has 0 aliphatic heterocycles. The van der Waals surface area contributed by atoms with Crippen LogP contribution in [0.4, 0.5) is 4.39 Å². The maximum absolute atomic E-state index is 14.9. The number of benzene rings is 2. The Morgan fingerprint density at radius 3 is 2.68 bits per heavy atom.